The Morgan fingerprint density at radius 3 is 2.75 bits per heavy atom. The molecule has 4 rings (SSSR count). The molecule has 1 fully saturated rings. The molecule has 0 amide bonds. The van der Waals surface area contributed by atoms with Crippen LogP contribution in [0.1, 0.15) is 61.4 Å². The van der Waals surface area contributed by atoms with Crippen molar-refractivity contribution in [3.8, 4) is 0 Å². The molecule has 0 bridgehead atoms. The standard InChI is InChI=1S/C14H22N4.C8H8O2/c1-18-14(15)12(10-6-3-2-4-7-10)13(17-18)11-8-5-9-16-11;9-7-10-6-8-4-2-1-3-5-8/h6,11,16H,2-5,7-9,15H2,1H3;1-5,7H,6H2/t11-;/m1./s1. The third-order valence-electron chi connectivity index (χ3n) is 5.28. The van der Waals surface area contributed by atoms with Gasteiger partial charge in [-0.25, -0.2) is 0 Å². The Morgan fingerprint density at radius 2 is 2.11 bits per heavy atom. The third-order valence-corrected chi connectivity index (χ3v) is 5.28. The number of hydrogen-bond acceptors (Lipinski definition) is 5. The molecule has 6 heteroatoms. The summed E-state index contributed by atoms with van der Waals surface area (Å²) < 4.78 is 6.37. The van der Waals surface area contributed by atoms with Gasteiger partial charge >= 0.3 is 0 Å². The fourth-order valence-electron chi connectivity index (χ4n) is 3.82. The maximum Gasteiger partial charge on any atom is 0.293 e. The van der Waals surface area contributed by atoms with Gasteiger partial charge in [0.15, 0.2) is 0 Å². The number of anilines is 1. The highest BCUT2D eigenvalue weighted by Crippen LogP contribution is 2.37. The van der Waals surface area contributed by atoms with Crippen molar-refractivity contribution in [3.63, 3.8) is 0 Å². The van der Waals surface area contributed by atoms with Gasteiger partial charge in [-0.05, 0) is 56.2 Å². The predicted molar refractivity (Wildman–Crippen MR) is 111 cm³/mol. The number of nitrogen functional groups attached to an aromatic ring is 1. The first kappa shape index (κ1) is 20.1. The van der Waals surface area contributed by atoms with Crippen LogP contribution in [0.5, 0.6) is 0 Å². The van der Waals surface area contributed by atoms with Gasteiger partial charge in [0.2, 0.25) is 0 Å². The van der Waals surface area contributed by atoms with Crippen LogP contribution in [-0.2, 0) is 23.2 Å². The number of ether oxygens (including phenoxy) is 1. The van der Waals surface area contributed by atoms with Gasteiger partial charge in [-0.3, -0.25) is 9.48 Å². The fraction of sp³-hybridized carbons (Fsp3) is 0.455. The van der Waals surface area contributed by atoms with Crippen LogP contribution in [-0.4, -0.2) is 22.8 Å². The first-order valence-corrected chi connectivity index (χ1v) is 10.0. The van der Waals surface area contributed by atoms with Gasteiger partial charge in [0.1, 0.15) is 12.4 Å². The fourth-order valence-corrected chi connectivity index (χ4v) is 3.82. The van der Waals surface area contributed by atoms with Crippen LogP contribution in [0.4, 0.5) is 5.82 Å². The van der Waals surface area contributed by atoms with E-state index < -0.39 is 0 Å². The summed E-state index contributed by atoms with van der Waals surface area (Å²) in [5.41, 5.74) is 11.0. The van der Waals surface area contributed by atoms with E-state index in [1.165, 1.54) is 48.9 Å². The molecule has 0 unspecified atom stereocenters. The summed E-state index contributed by atoms with van der Waals surface area (Å²) in [7, 11) is 1.95. The van der Waals surface area contributed by atoms with Crippen molar-refractivity contribution in [3.05, 3.63) is 53.2 Å². The third kappa shape index (κ3) is 5.01. The molecule has 0 saturated carbocycles. The molecule has 0 radical (unpaired) electrons. The van der Waals surface area contributed by atoms with Gasteiger partial charge in [-0.15, -0.1) is 0 Å². The molecule has 1 aromatic heterocycles. The van der Waals surface area contributed by atoms with Crippen molar-refractivity contribution in [2.45, 2.75) is 51.2 Å². The Morgan fingerprint density at radius 1 is 1.29 bits per heavy atom. The van der Waals surface area contributed by atoms with E-state index >= 15 is 0 Å². The number of nitrogens with zero attached hydrogens (tertiary/aromatic N) is 2. The van der Waals surface area contributed by atoms with E-state index in [1.54, 1.807) is 0 Å². The number of carbonyl (C=O) groups excluding carboxylic acids is 1. The normalized spacial score (nSPS) is 18.8. The molecule has 150 valence electrons. The summed E-state index contributed by atoms with van der Waals surface area (Å²) in [6.07, 6.45) is 9.68. The van der Waals surface area contributed by atoms with Crippen LogP contribution in [0.2, 0.25) is 0 Å². The van der Waals surface area contributed by atoms with E-state index in [9.17, 15) is 4.79 Å². The number of nitrogens with two attached hydrogens (primary N) is 1. The zero-order chi connectivity index (χ0) is 19.8. The number of aromatic nitrogens is 2. The lowest BCUT2D eigenvalue weighted by molar-refractivity contribution is -0.129. The zero-order valence-electron chi connectivity index (χ0n) is 16.6. The molecule has 3 N–H and O–H groups in total. The average Bonchev–Trinajstić information content (AvgIpc) is 3.37. The van der Waals surface area contributed by atoms with E-state index in [0.29, 0.717) is 19.1 Å². The lowest BCUT2D eigenvalue weighted by Gasteiger charge is -2.16. The molecule has 6 nitrogen and oxygen atoms in total. The summed E-state index contributed by atoms with van der Waals surface area (Å²) >= 11 is 0. The smallest absolute Gasteiger partial charge is 0.293 e. The van der Waals surface area contributed by atoms with Crippen LogP contribution >= 0.6 is 0 Å². The quantitative estimate of drug-likeness (QED) is 0.770. The van der Waals surface area contributed by atoms with Gasteiger partial charge in [0.05, 0.1) is 11.7 Å². The van der Waals surface area contributed by atoms with E-state index in [0.717, 1.165) is 24.3 Å². The maximum atomic E-state index is 9.76. The molecule has 2 aromatic rings. The Labute approximate surface area is 166 Å². The number of allylic oxidation sites excluding steroid dienone is 2. The summed E-state index contributed by atoms with van der Waals surface area (Å²) in [4.78, 5) is 9.76. The van der Waals surface area contributed by atoms with Gasteiger partial charge in [0.25, 0.3) is 6.47 Å². The molecule has 28 heavy (non-hydrogen) atoms. The average molecular weight is 383 g/mol. The van der Waals surface area contributed by atoms with Gasteiger partial charge < -0.3 is 15.8 Å². The van der Waals surface area contributed by atoms with E-state index in [2.05, 4.69) is 21.2 Å². The number of rotatable bonds is 5. The molecular formula is C22H30N4O2. The van der Waals surface area contributed by atoms with Crippen LogP contribution in [0.15, 0.2) is 36.4 Å². The van der Waals surface area contributed by atoms with Gasteiger partial charge in [0, 0.05) is 12.6 Å². The molecule has 1 aliphatic carbocycles. The Balaban J connectivity index is 0.000000192. The first-order valence-electron chi connectivity index (χ1n) is 10.0. The number of aryl methyl sites for hydroxylation is 1. The predicted octanol–water partition coefficient (Wildman–Crippen LogP) is 3.74. The highest BCUT2D eigenvalue weighted by Gasteiger charge is 2.26. The second kappa shape index (κ2) is 10.1. The molecule has 2 heterocycles. The Bertz CT molecular complexity index is 792. The topological polar surface area (TPSA) is 82.2 Å². The number of hydrogen-bond donors (Lipinski definition) is 2. The SMILES string of the molecule is Cn1nc([C@H]2CCCN2)c(C2=CCCCC2)c1N.O=COCc1ccccc1. The zero-order valence-corrected chi connectivity index (χ0v) is 16.6. The van der Waals surface area contributed by atoms with E-state index in [-0.39, 0.29) is 0 Å². The molecule has 1 aliphatic heterocycles. The number of carbonyl (C=O) groups is 1. The molecule has 1 atom stereocenters. The lowest BCUT2D eigenvalue weighted by Crippen LogP contribution is -2.15. The number of nitrogens with one attached hydrogen (secondary N) is 1. The van der Waals surface area contributed by atoms with Crippen LogP contribution in [0, 0.1) is 0 Å². The van der Waals surface area contributed by atoms with Gasteiger partial charge in [-0.2, -0.15) is 5.10 Å². The Kier molecular flexibility index (Phi) is 7.25. The minimum absolute atomic E-state index is 0.365. The largest absolute Gasteiger partial charge is 0.463 e. The highest BCUT2D eigenvalue weighted by molar-refractivity contribution is 5.76. The molecule has 1 aromatic carbocycles. The first-order chi connectivity index (χ1) is 13.7. The van der Waals surface area contributed by atoms with Crippen molar-refractivity contribution < 1.29 is 9.53 Å². The minimum atomic E-state index is 0.365. The molecule has 2 aliphatic rings. The summed E-state index contributed by atoms with van der Waals surface area (Å²) in [5.74, 6) is 0.826. The summed E-state index contributed by atoms with van der Waals surface area (Å²) in [6, 6.07) is 9.94. The van der Waals surface area contributed by atoms with Crippen molar-refractivity contribution in [2.24, 2.45) is 7.05 Å². The second-order valence-corrected chi connectivity index (χ2v) is 7.29. The van der Waals surface area contributed by atoms with E-state index in [1.807, 2.05) is 42.1 Å². The Hall–Kier alpha value is -2.60. The highest BCUT2D eigenvalue weighted by atomic mass is 16.5. The molecule has 0 spiro atoms. The molecule has 1 saturated heterocycles. The van der Waals surface area contributed by atoms with Crippen molar-refractivity contribution >= 4 is 17.9 Å². The monoisotopic (exact) mass is 382 g/mol. The van der Waals surface area contributed by atoms with Crippen LogP contribution in [0.25, 0.3) is 5.57 Å². The lowest BCUT2D eigenvalue weighted by atomic mass is 9.91. The van der Waals surface area contributed by atoms with E-state index in [4.69, 9.17) is 5.73 Å². The van der Waals surface area contributed by atoms with Crippen molar-refractivity contribution in [1.29, 1.82) is 0 Å². The number of benzene rings is 1. The van der Waals surface area contributed by atoms with Crippen molar-refractivity contribution in [1.82, 2.24) is 15.1 Å². The summed E-state index contributed by atoms with van der Waals surface area (Å²) in [5, 5.41) is 8.19. The van der Waals surface area contributed by atoms with Crippen molar-refractivity contribution in [2.75, 3.05) is 12.3 Å². The molecular weight excluding hydrogens is 352 g/mol. The van der Waals surface area contributed by atoms with Gasteiger partial charge in [-0.1, -0.05) is 36.4 Å². The second-order valence-electron chi connectivity index (χ2n) is 7.29. The van der Waals surface area contributed by atoms with Crippen LogP contribution in [0.3, 0.4) is 0 Å². The summed E-state index contributed by atoms with van der Waals surface area (Å²) in [6.45, 7) is 1.91. The minimum Gasteiger partial charge on any atom is -0.463 e. The maximum absolute atomic E-state index is 9.76. The van der Waals surface area contributed by atoms with Crippen LogP contribution < -0.4 is 11.1 Å².